The van der Waals surface area contributed by atoms with E-state index in [0.717, 1.165) is 6.42 Å². The molecule has 2 aromatic heterocycles. The summed E-state index contributed by atoms with van der Waals surface area (Å²) in [5.41, 5.74) is 7.83. The van der Waals surface area contributed by atoms with Crippen LogP contribution in [-0.4, -0.2) is 45.6 Å². The number of rotatable bonds is 7. The second kappa shape index (κ2) is 9.99. The van der Waals surface area contributed by atoms with Crippen LogP contribution in [-0.2, 0) is 4.74 Å². The molecule has 3 atom stereocenters. The fraction of sp³-hybridized carbons (Fsp3) is 0.480. The van der Waals surface area contributed by atoms with Crippen molar-refractivity contribution in [2.24, 2.45) is 5.92 Å². The zero-order valence-electron chi connectivity index (χ0n) is 20.6. The first-order valence-electron chi connectivity index (χ1n) is 11.8. The summed E-state index contributed by atoms with van der Waals surface area (Å²) in [5, 5.41) is 2.76. The normalized spacial score (nSPS) is 17.7. The van der Waals surface area contributed by atoms with Crippen molar-refractivity contribution in [2.45, 2.75) is 59.1 Å². The summed E-state index contributed by atoms with van der Waals surface area (Å²) in [4.78, 5) is 22.2. The Kier molecular flexibility index (Phi) is 7.19. The fourth-order valence-electron chi connectivity index (χ4n) is 4.57. The minimum absolute atomic E-state index is 0.151. The van der Waals surface area contributed by atoms with Crippen LogP contribution >= 0.6 is 11.6 Å². The molecule has 8 nitrogen and oxygen atoms in total. The Bertz CT molecular complexity index is 1260. The van der Waals surface area contributed by atoms with Gasteiger partial charge in [0, 0.05) is 42.4 Å². The van der Waals surface area contributed by atoms with Crippen molar-refractivity contribution in [2.75, 3.05) is 18.9 Å². The van der Waals surface area contributed by atoms with Crippen LogP contribution in [0.1, 0.15) is 67.5 Å². The smallest absolute Gasteiger partial charge is 0.258 e. The van der Waals surface area contributed by atoms with E-state index in [-0.39, 0.29) is 34.4 Å². The highest BCUT2D eigenvalue weighted by molar-refractivity contribution is 6.31. The van der Waals surface area contributed by atoms with Crippen LogP contribution in [0.5, 0.6) is 5.75 Å². The number of hydrogen-bond donors (Lipinski definition) is 2. The number of carbonyl (C=O) groups excluding carboxylic acids is 1. The minimum Gasteiger partial charge on any atom is -0.490 e. The number of benzene rings is 1. The van der Waals surface area contributed by atoms with Gasteiger partial charge in [-0.1, -0.05) is 18.5 Å². The second-order valence-electron chi connectivity index (χ2n) is 9.33. The predicted molar refractivity (Wildman–Crippen MR) is 133 cm³/mol. The minimum atomic E-state index is -0.816. The van der Waals surface area contributed by atoms with Gasteiger partial charge in [0.05, 0.1) is 23.4 Å². The molecule has 35 heavy (non-hydrogen) atoms. The third kappa shape index (κ3) is 4.79. The molecule has 1 aromatic carbocycles. The van der Waals surface area contributed by atoms with E-state index in [1.54, 1.807) is 12.4 Å². The molecule has 3 unspecified atom stereocenters. The van der Waals surface area contributed by atoms with Gasteiger partial charge < -0.3 is 20.5 Å². The summed E-state index contributed by atoms with van der Waals surface area (Å²) in [6.07, 6.45) is 3.88. The number of nitrogens with zero attached hydrogens (tertiary/aromatic N) is 3. The van der Waals surface area contributed by atoms with E-state index in [2.05, 4.69) is 10.3 Å². The van der Waals surface area contributed by atoms with Gasteiger partial charge in [-0.2, -0.15) is 0 Å². The summed E-state index contributed by atoms with van der Waals surface area (Å²) >= 11 is 6.33. The Balaban J connectivity index is 1.82. The van der Waals surface area contributed by atoms with Gasteiger partial charge >= 0.3 is 0 Å². The first kappa shape index (κ1) is 25.2. The van der Waals surface area contributed by atoms with E-state index >= 15 is 4.39 Å². The lowest BCUT2D eigenvalue weighted by Gasteiger charge is -2.24. The Labute approximate surface area is 209 Å². The van der Waals surface area contributed by atoms with Crippen LogP contribution in [0.2, 0.25) is 5.02 Å². The van der Waals surface area contributed by atoms with Crippen LogP contribution in [0, 0.1) is 18.7 Å². The zero-order chi connectivity index (χ0) is 25.4. The Hall–Kier alpha value is -2.91. The first-order valence-corrected chi connectivity index (χ1v) is 12.1. The van der Waals surface area contributed by atoms with Crippen molar-refractivity contribution >= 4 is 28.8 Å². The van der Waals surface area contributed by atoms with Gasteiger partial charge in [-0.15, -0.1) is 0 Å². The highest BCUT2D eigenvalue weighted by Gasteiger charge is 2.32. The van der Waals surface area contributed by atoms with Crippen molar-refractivity contribution < 1.29 is 18.7 Å². The van der Waals surface area contributed by atoms with Crippen molar-refractivity contribution in [1.82, 2.24) is 19.7 Å². The number of anilines is 1. The number of ether oxygens (including phenoxy) is 2. The maximum atomic E-state index is 15.4. The van der Waals surface area contributed by atoms with E-state index in [1.807, 2.05) is 39.0 Å². The lowest BCUT2D eigenvalue weighted by Crippen LogP contribution is -2.39. The number of nitrogen functional groups attached to an aromatic ring is 1. The van der Waals surface area contributed by atoms with E-state index in [9.17, 15) is 4.79 Å². The first-order chi connectivity index (χ1) is 16.6. The highest BCUT2D eigenvalue weighted by Crippen LogP contribution is 2.40. The Morgan fingerprint density at radius 3 is 2.77 bits per heavy atom. The summed E-state index contributed by atoms with van der Waals surface area (Å²) < 4.78 is 28.8. The molecule has 4 rings (SSSR count). The van der Waals surface area contributed by atoms with Crippen LogP contribution in [0.3, 0.4) is 0 Å². The van der Waals surface area contributed by atoms with E-state index < -0.39 is 17.6 Å². The number of fused-ring (bicyclic) bond motifs is 1. The van der Waals surface area contributed by atoms with Gasteiger partial charge in [0.15, 0.2) is 5.82 Å². The molecule has 1 amide bonds. The number of halogens is 2. The third-order valence-electron chi connectivity index (χ3n) is 6.45. The molecule has 3 heterocycles. The molecule has 0 saturated carbocycles. The zero-order valence-corrected chi connectivity index (χ0v) is 21.3. The van der Waals surface area contributed by atoms with Gasteiger partial charge in [0.2, 0.25) is 0 Å². The molecule has 0 bridgehead atoms. The van der Waals surface area contributed by atoms with Crippen molar-refractivity contribution in [3.8, 4) is 5.75 Å². The average Bonchev–Trinajstić information content (AvgIpc) is 3.44. The summed E-state index contributed by atoms with van der Waals surface area (Å²) in [6, 6.07) is 1.30. The maximum Gasteiger partial charge on any atom is 0.258 e. The van der Waals surface area contributed by atoms with Crippen molar-refractivity contribution in [1.29, 1.82) is 0 Å². The van der Waals surface area contributed by atoms with E-state index in [1.165, 1.54) is 6.07 Å². The number of amides is 1. The summed E-state index contributed by atoms with van der Waals surface area (Å²) in [7, 11) is 0. The third-order valence-corrected chi connectivity index (χ3v) is 6.73. The Morgan fingerprint density at radius 1 is 1.37 bits per heavy atom. The molecule has 0 radical (unpaired) electrons. The van der Waals surface area contributed by atoms with Crippen molar-refractivity contribution in [3.05, 3.63) is 51.9 Å². The van der Waals surface area contributed by atoms with Gasteiger partial charge in [0.25, 0.3) is 5.91 Å². The van der Waals surface area contributed by atoms with Crippen LogP contribution in [0.25, 0.3) is 5.52 Å². The highest BCUT2D eigenvalue weighted by atomic mass is 35.5. The van der Waals surface area contributed by atoms with Crippen molar-refractivity contribution in [3.63, 3.8) is 0 Å². The molecule has 3 N–H and O–H groups in total. The van der Waals surface area contributed by atoms with Crippen LogP contribution < -0.4 is 15.8 Å². The number of nitrogens with two attached hydrogens (primary N) is 1. The number of hydrogen-bond acceptors (Lipinski definition) is 6. The number of nitrogens with one attached hydrogen (secondary N) is 1. The molecule has 1 fully saturated rings. The molecule has 3 aromatic rings. The molecule has 0 aliphatic carbocycles. The van der Waals surface area contributed by atoms with Crippen LogP contribution in [0.15, 0.2) is 18.5 Å². The molecule has 10 heteroatoms. The lowest BCUT2D eigenvalue weighted by molar-refractivity contribution is 0.0911. The van der Waals surface area contributed by atoms with E-state index in [0.29, 0.717) is 41.6 Å². The quantitative estimate of drug-likeness (QED) is 0.491. The lowest BCUT2D eigenvalue weighted by atomic mass is 9.95. The largest absolute Gasteiger partial charge is 0.490 e. The topological polar surface area (TPSA) is 104 Å². The molecule has 0 spiro atoms. The summed E-state index contributed by atoms with van der Waals surface area (Å²) in [6.45, 7) is 10.5. The van der Waals surface area contributed by atoms with Gasteiger partial charge in [0.1, 0.15) is 28.5 Å². The molecular formula is C25H31ClFN5O3. The number of aromatic nitrogens is 3. The van der Waals surface area contributed by atoms with Gasteiger partial charge in [-0.05, 0) is 40.2 Å². The molecular weight excluding hydrogens is 473 g/mol. The predicted octanol–water partition coefficient (Wildman–Crippen LogP) is 4.51. The molecule has 1 aliphatic heterocycles. The van der Waals surface area contributed by atoms with E-state index in [4.69, 9.17) is 31.8 Å². The average molecular weight is 504 g/mol. The maximum absolute atomic E-state index is 15.4. The second-order valence-corrected chi connectivity index (χ2v) is 9.73. The SMILES string of the molecule is Cc1nc(C(C)c2cc(Cl)c(F)c(C(=O)NC(C)C3CCOC3)c2OC(C)C)n2ccnc(N)c12. The number of aryl methyl sites for hydroxylation is 1. The molecule has 1 aliphatic rings. The Morgan fingerprint density at radius 2 is 2.11 bits per heavy atom. The fourth-order valence-corrected chi connectivity index (χ4v) is 4.79. The monoisotopic (exact) mass is 503 g/mol. The summed E-state index contributed by atoms with van der Waals surface area (Å²) in [5.74, 6) is -0.487. The number of imidazole rings is 1. The van der Waals surface area contributed by atoms with Crippen LogP contribution in [0.4, 0.5) is 10.2 Å². The molecule has 188 valence electrons. The van der Waals surface area contributed by atoms with Gasteiger partial charge in [-0.25, -0.2) is 14.4 Å². The van der Waals surface area contributed by atoms with Gasteiger partial charge in [-0.3, -0.25) is 9.20 Å². The standard InChI is InChI=1S/C25H31ClFN5O3/c1-12(2)35-22-17(13(3)24-30-15(5)21-23(28)29-7-8-32(21)24)10-18(26)20(27)19(22)25(33)31-14(4)16-6-9-34-11-16/h7-8,10,12-14,16H,6,9,11H2,1-5H3,(H2,28,29)(H,31,33). The molecule has 1 saturated heterocycles. The number of carbonyl (C=O) groups is 1.